The molecule has 124 valence electrons. The predicted octanol–water partition coefficient (Wildman–Crippen LogP) is 3.03. The first-order valence-corrected chi connectivity index (χ1v) is 9.26. The van der Waals surface area contributed by atoms with Gasteiger partial charge in [0, 0.05) is 26.2 Å². The molecule has 1 aliphatic carbocycles. The number of rotatable bonds is 6. The van der Waals surface area contributed by atoms with Crippen LogP contribution in [0.15, 0.2) is 0 Å². The van der Waals surface area contributed by atoms with Gasteiger partial charge in [-0.2, -0.15) is 0 Å². The zero-order valence-electron chi connectivity index (χ0n) is 14.2. The van der Waals surface area contributed by atoms with E-state index in [0.717, 1.165) is 26.1 Å². The average molecular weight is 296 g/mol. The molecule has 0 radical (unpaired) electrons. The Kier molecular flexibility index (Phi) is 6.97. The van der Waals surface area contributed by atoms with E-state index >= 15 is 0 Å². The lowest BCUT2D eigenvalue weighted by atomic mass is 9.78. The van der Waals surface area contributed by atoms with Crippen LogP contribution in [0.3, 0.4) is 0 Å². The quantitative estimate of drug-likeness (QED) is 0.584. The first-order valence-electron chi connectivity index (χ1n) is 9.26. The number of aliphatic hydroxyl groups is 1. The second-order valence-corrected chi connectivity index (χ2v) is 7.66. The molecule has 2 fully saturated rings. The highest BCUT2D eigenvalue weighted by atomic mass is 16.3. The third kappa shape index (κ3) is 5.22. The molecule has 2 unspecified atom stereocenters. The van der Waals surface area contributed by atoms with Gasteiger partial charge in [0.05, 0.1) is 6.10 Å². The summed E-state index contributed by atoms with van der Waals surface area (Å²) in [6.07, 6.45) is 10.5. The van der Waals surface area contributed by atoms with E-state index in [2.05, 4.69) is 24.1 Å². The standard InChI is InChI=1S/C18H36N2O/c1-3-11-19-14-18(9-6-4-5-7-10-18)15-20-12-8-17(21)16(2)13-20/h16-17,19,21H,3-15H2,1-2H3. The molecule has 21 heavy (non-hydrogen) atoms. The Morgan fingerprint density at radius 2 is 1.90 bits per heavy atom. The molecule has 1 aliphatic heterocycles. The summed E-state index contributed by atoms with van der Waals surface area (Å²) in [5.74, 6) is 0.435. The highest BCUT2D eigenvalue weighted by Gasteiger charge is 2.34. The summed E-state index contributed by atoms with van der Waals surface area (Å²) in [4.78, 5) is 2.64. The number of aliphatic hydroxyl groups excluding tert-OH is 1. The van der Waals surface area contributed by atoms with Crippen molar-refractivity contribution < 1.29 is 5.11 Å². The van der Waals surface area contributed by atoms with Crippen molar-refractivity contribution in [2.24, 2.45) is 11.3 Å². The van der Waals surface area contributed by atoms with Crippen LogP contribution < -0.4 is 5.32 Å². The van der Waals surface area contributed by atoms with Crippen molar-refractivity contribution in [3.05, 3.63) is 0 Å². The molecule has 0 aromatic carbocycles. The fourth-order valence-corrected chi connectivity index (χ4v) is 4.24. The van der Waals surface area contributed by atoms with Gasteiger partial charge < -0.3 is 15.3 Å². The van der Waals surface area contributed by atoms with Gasteiger partial charge in [-0.1, -0.05) is 39.5 Å². The van der Waals surface area contributed by atoms with Crippen molar-refractivity contribution in [1.82, 2.24) is 10.2 Å². The second kappa shape index (κ2) is 8.50. The van der Waals surface area contributed by atoms with Gasteiger partial charge in [-0.15, -0.1) is 0 Å². The van der Waals surface area contributed by atoms with Crippen LogP contribution in [0.1, 0.15) is 65.2 Å². The molecule has 2 N–H and O–H groups in total. The van der Waals surface area contributed by atoms with Crippen LogP contribution >= 0.6 is 0 Å². The number of piperidine rings is 1. The average Bonchev–Trinajstić information content (AvgIpc) is 2.69. The molecule has 0 spiro atoms. The molecule has 2 atom stereocenters. The number of nitrogens with zero attached hydrogens (tertiary/aromatic N) is 1. The van der Waals surface area contributed by atoms with E-state index in [1.807, 2.05) is 0 Å². The Morgan fingerprint density at radius 3 is 2.52 bits per heavy atom. The van der Waals surface area contributed by atoms with E-state index in [1.54, 1.807) is 0 Å². The minimum Gasteiger partial charge on any atom is -0.393 e. The SMILES string of the molecule is CCCNCC1(CN2CCC(O)C(C)C2)CCCCCC1. The van der Waals surface area contributed by atoms with Crippen LogP contribution in [0, 0.1) is 11.3 Å². The summed E-state index contributed by atoms with van der Waals surface area (Å²) >= 11 is 0. The van der Waals surface area contributed by atoms with Crippen LogP contribution in [0.5, 0.6) is 0 Å². The molecule has 0 amide bonds. The highest BCUT2D eigenvalue weighted by Crippen LogP contribution is 2.36. The van der Waals surface area contributed by atoms with Gasteiger partial charge in [-0.05, 0) is 43.6 Å². The molecule has 0 aromatic heterocycles. The normalized spacial score (nSPS) is 31.0. The Labute approximate surface area is 131 Å². The van der Waals surface area contributed by atoms with E-state index in [-0.39, 0.29) is 6.10 Å². The Balaban J connectivity index is 1.94. The van der Waals surface area contributed by atoms with Crippen LogP contribution in [0.25, 0.3) is 0 Å². The van der Waals surface area contributed by atoms with E-state index in [4.69, 9.17) is 0 Å². The Bertz CT molecular complexity index is 287. The van der Waals surface area contributed by atoms with Gasteiger partial charge in [-0.3, -0.25) is 0 Å². The van der Waals surface area contributed by atoms with Crippen LogP contribution in [-0.4, -0.2) is 48.8 Å². The maximum atomic E-state index is 9.94. The summed E-state index contributed by atoms with van der Waals surface area (Å²) in [7, 11) is 0. The number of hydrogen-bond acceptors (Lipinski definition) is 3. The molecule has 0 aromatic rings. The molecule has 2 rings (SSSR count). The zero-order chi connectivity index (χ0) is 15.1. The van der Waals surface area contributed by atoms with Gasteiger partial charge in [-0.25, -0.2) is 0 Å². The number of nitrogens with one attached hydrogen (secondary N) is 1. The zero-order valence-corrected chi connectivity index (χ0v) is 14.2. The lowest BCUT2D eigenvalue weighted by molar-refractivity contribution is 0.0130. The molecule has 1 heterocycles. The summed E-state index contributed by atoms with van der Waals surface area (Å²) in [5, 5.41) is 13.7. The van der Waals surface area contributed by atoms with Crippen molar-refractivity contribution in [1.29, 1.82) is 0 Å². The highest BCUT2D eigenvalue weighted by molar-refractivity contribution is 4.89. The van der Waals surface area contributed by atoms with E-state index in [1.165, 1.54) is 58.0 Å². The number of likely N-dealkylation sites (tertiary alicyclic amines) is 1. The molecular formula is C18H36N2O. The van der Waals surface area contributed by atoms with Crippen molar-refractivity contribution in [2.75, 3.05) is 32.7 Å². The molecule has 1 saturated carbocycles. The van der Waals surface area contributed by atoms with Crippen molar-refractivity contribution in [3.63, 3.8) is 0 Å². The molecular weight excluding hydrogens is 260 g/mol. The van der Waals surface area contributed by atoms with Gasteiger partial charge in [0.2, 0.25) is 0 Å². The molecule has 2 aliphatic rings. The summed E-state index contributed by atoms with van der Waals surface area (Å²) in [6.45, 7) is 10.2. The van der Waals surface area contributed by atoms with Gasteiger partial charge in [0.25, 0.3) is 0 Å². The van der Waals surface area contributed by atoms with Crippen molar-refractivity contribution >= 4 is 0 Å². The Morgan fingerprint density at radius 1 is 1.19 bits per heavy atom. The van der Waals surface area contributed by atoms with E-state index in [9.17, 15) is 5.11 Å². The van der Waals surface area contributed by atoms with Crippen molar-refractivity contribution in [2.45, 2.75) is 71.3 Å². The molecule has 0 bridgehead atoms. The maximum absolute atomic E-state index is 9.94. The predicted molar refractivity (Wildman–Crippen MR) is 89.5 cm³/mol. The minimum absolute atomic E-state index is 0.0791. The third-order valence-corrected chi connectivity index (χ3v) is 5.59. The summed E-state index contributed by atoms with van der Waals surface area (Å²) in [6, 6.07) is 0. The third-order valence-electron chi connectivity index (χ3n) is 5.59. The Hall–Kier alpha value is -0.120. The second-order valence-electron chi connectivity index (χ2n) is 7.66. The topological polar surface area (TPSA) is 35.5 Å². The smallest absolute Gasteiger partial charge is 0.0590 e. The lowest BCUT2D eigenvalue weighted by Crippen LogP contribution is -2.49. The fourth-order valence-electron chi connectivity index (χ4n) is 4.24. The largest absolute Gasteiger partial charge is 0.393 e. The molecule has 1 saturated heterocycles. The minimum atomic E-state index is -0.0791. The first kappa shape index (κ1) is 17.2. The number of hydrogen-bond donors (Lipinski definition) is 2. The maximum Gasteiger partial charge on any atom is 0.0590 e. The van der Waals surface area contributed by atoms with Gasteiger partial charge in [0.15, 0.2) is 0 Å². The van der Waals surface area contributed by atoms with E-state index < -0.39 is 0 Å². The summed E-state index contributed by atoms with van der Waals surface area (Å²) in [5.41, 5.74) is 0.480. The fraction of sp³-hybridized carbons (Fsp3) is 1.00. The molecule has 3 heteroatoms. The van der Waals surface area contributed by atoms with Gasteiger partial charge >= 0.3 is 0 Å². The van der Waals surface area contributed by atoms with Crippen molar-refractivity contribution in [3.8, 4) is 0 Å². The van der Waals surface area contributed by atoms with Crippen LogP contribution in [-0.2, 0) is 0 Å². The first-order chi connectivity index (χ1) is 10.2. The van der Waals surface area contributed by atoms with E-state index in [0.29, 0.717) is 11.3 Å². The molecule has 3 nitrogen and oxygen atoms in total. The van der Waals surface area contributed by atoms with Crippen LogP contribution in [0.2, 0.25) is 0 Å². The lowest BCUT2D eigenvalue weighted by Gasteiger charge is -2.42. The van der Waals surface area contributed by atoms with Crippen LogP contribution in [0.4, 0.5) is 0 Å². The summed E-state index contributed by atoms with van der Waals surface area (Å²) < 4.78 is 0. The van der Waals surface area contributed by atoms with Gasteiger partial charge in [0.1, 0.15) is 0 Å². The monoisotopic (exact) mass is 296 g/mol.